The number of thioether (sulfide) groups is 1. The van der Waals surface area contributed by atoms with Gasteiger partial charge in [0.05, 0.1) is 6.61 Å². The molecule has 2 rings (SSSR count). The summed E-state index contributed by atoms with van der Waals surface area (Å²) < 4.78 is 18.1. The third-order valence-corrected chi connectivity index (χ3v) is 4.11. The summed E-state index contributed by atoms with van der Waals surface area (Å²) in [5.74, 6) is -2.50. The summed E-state index contributed by atoms with van der Waals surface area (Å²) in [4.78, 5) is 26.0. The summed E-state index contributed by atoms with van der Waals surface area (Å²) in [6.45, 7) is 1.85. The van der Waals surface area contributed by atoms with Crippen LogP contribution >= 0.6 is 11.8 Å². The van der Waals surface area contributed by atoms with E-state index in [9.17, 15) is 14.0 Å². The number of Topliss-reactive ketones (excluding diaryl/α,β-unsaturated/α-hetero) is 1. The van der Waals surface area contributed by atoms with E-state index in [-0.39, 0.29) is 12.4 Å². The molecule has 120 valence electrons. The van der Waals surface area contributed by atoms with Crippen molar-refractivity contribution in [2.75, 3.05) is 12.9 Å². The third-order valence-electron chi connectivity index (χ3n) is 3.36. The van der Waals surface area contributed by atoms with Crippen LogP contribution in [0.4, 0.5) is 4.39 Å². The minimum absolute atomic E-state index is 0.176. The third kappa shape index (κ3) is 4.20. The lowest BCUT2D eigenvalue weighted by Crippen LogP contribution is -2.24. The molecule has 0 aliphatic heterocycles. The lowest BCUT2D eigenvalue weighted by molar-refractivity contribution is -0.143. The highest BCUT2D eigenvalue weighted by atomic mass is 32.2. The van der Waals surface area contributed by atoms with Crippen molar-refractivity contribution >= 4 is 23.5 Å². The molecular formula is C18H17FO3S. The molecule has 5 heteroatoms. The second-order valence-electron chi connectivity index (χ2n) is 4.83. The smallest absolute Gasteiger partial charge is 0.321 e. The van der Waals surface area contributed by atoms with E-state index in [0.717, 1.165) is 4.90 Å². The Morgan fingerprint density at radius 3 is 2.22 bits per heavy atom. The van der Waals surface area contributed by atoms with Gasteiger partial charge in [0.1, 0.15) is 11.7 Å². The van der Waals surface area contributed by atoms with Gasteiger partial charge in [0.25, 0.3) is 0 Å². The first-order valence-electron chi connectivity index (χ1n) is 7.17. The highest BCUT2D eigenvalue weighted by Crippen LogP contribution is 2.24. The van der Waals surface area contributed by atoms with Gasteiger partial charge in [-0.15, -0.1) is 11.8 Å². The zero-order valence-corrected chi connectivity index (χ0v) is 13.7. The van der Waals surface area contributed by atoms with E-state index >= 15 is 0 Å². The molecule has 1 unspecified atom stereocenters. The van der Waals surface area contributed by atoms with Crippen LogP contribution in [0.15, 0.2) is 53.4 Å². The monoisotopic (exact) mass is 332 g/mol. The molecule has 0 amide bonds. The number of ether oxygens (including phenoxy) is 1. The van der Waals surface area contributed by atoms with E-state index in [0.29, 0.717) is 11.1 Å². The van der Waals surface area contributed by atoms with Gasteiger partial charge in [-0.3, -0.25) is 9.59 Å². The molecule has 0 aromatic heterocycles. The molecule has 3 nitrogen and oxygen atoms in total. The van der Waals surface area contributed by atoms with E-state index in [4.69, 9.17) is 4.74 Å². The van der Waals surface area contributed by atoms with Gasteiger partial charge in [-0.2, -0.15) is 0 Å². The molecule has 0 fully saturated rings. The van der Waals surface area contributed by atoms with E-state index in [1.807, 2.05) is 18.4 Å². The second-order valence-corrected chi connectivity index (χ2v) is 5.71. The summed E-state index contributed by atoms with van der Waals surface area (Å²) in [5, 5.41) is 0. The van der Waals surface area contributed by atoms with Crippen LogP contribution in [0.5, 0.6) is 0 Å². The van der Waals surface area contributed by atoms with Crippen molar-refractivity contribution in [3.63, 3.8) is 0 Å². The summed E-state index contributed by atoms with van der Waals surface area (Å²) >= 11 is 1.57. The van der Waals surface area contributed by atoms with Crippen molar-refractivity contribution in [2.24, 2.45) is 0 Å². The maximum atomic E-state index is 13.1. The van der Waals surface area contributed by atoms with Crippen molar-refractivity contribution in [3.8, 4) is 0 Å². The summed E-state index contributed by atoms with van der Waals surface area (Å²) in [6, 6.07) is 12.3. The first-order valence-corrected chi connectivity index (χ1v) is 8.39. The fourth-order valence-corrected chi connectivity index (χ4v) is 2.61. The number of carbonyl (C=O) groups excluding carboxylic acids is 2. The molecular weight excluding hydrogens is 315 g/mol. The molecule has 0 aliphatic rings. The summed E-state index contributed by atoms with van der Waals surface area (Å²) in [6.07, 6.45) is 1.94. The fourth-order valence-electron chi connectivity index (χ4n) is 2.20. The predicted octanol–water partition coefficient (Wildman–Crippen LogP) is 4.08. The van der Waals surface area contributed by atoms with Gasteiger partial charge in [0.15, 0.2) is 5.78 Å². The largest absolute Gasteiger partial charge is 0.465 e. The van der Waals surface area contributed by atoms with Gasteiger partial charge >= 0.3 is 5.97 Å². The van der Waals surface area contributed by atoms with Gasteiger partial charge in [0.2, 0.25) is 0 Å². The number of rotatable bonds is 6. The second kappa shape index (κ2) is 7.92. The molecule has 23 heavy (non-hydrogen) atoms. The highest BCUT2D eigenvalue weighted by Gasteiger charge is 2.30. The predicted molar refractivity (Wildman–Crippen MR) is 88.3 cm³/mol. The van der Waals surface area contributed by atoms with Crippen molar-refractivity contribution in [2.45, 2.75) is 17.7 Å². The van der Waals surface area contributed by atoms with Gasteiger partial charge in [0, 0.05) is 10.5 Å². The number of esters is 1. The first kappa shape index (κ1) is 17.2. The standard InChI is InChI=1S/C18H17FO3S/c1-3-22-18(21)16(12-4-8-14(19)9-5-12)17(20)13-6-10-15(23-2)11-7-13/h4-11,16H,3H2,1-2H3. The molecule has 0 saturated heterocycles. The van der Waals surface area contributed by atoms with Crippen LogP contribution in [-0.2, 0) is 9.53 Å². The molecule has 2 aromatic carbocycles. The number of halogens is 1. The van der Waals surface area contributed by atoms with Crippen LogP contribution in [0.3, 0.4) is 0 Å². The molecule has 2 aromatic rings. The Hall–Kier alpha value is -2.14. The van der Waals surface area contributed by atoms with Crippen LogP contribution in [0, 0.1) is 5.82 Å². The SMILES string of the molecule is CCOC(=O)C(C(=O)c1ccc(SC)cc1)c1ccc(F)cc1. The Kier molecular flexibility index (Phi) is 5.93. The average Bonchev–Trinajstić information content (AvgIpc) is 2.57. The van der Waals surface area contributed by atoms with Gasteiger partial charge in [-0.05, 0) is 43.0 Å². The zero-order chi connectivity index (χ0) is 16.8. The van der Waals surface area contributed by atoms with E-state index in [1.165, 1.54) is 24.3 Å². The number of carbonyl (C=O) groups is 2. The Morgan fingerprint density at radius 1 is 1.09 bits per heavy atom. The lowest BCUT2D eigenvalue weighted by Gasteiger charge is -2.15. The Bertz CT molecular complexity index is 680. The van der Waals surface area contributed by atoms with Crippen LogP contribution in [-0.4, -0.2) is 24.6 Å². The first-order chi connectivity index (χ1) is 11.1. The van der Waals surface area contributed by atoms with Crippen LogP contribution in [0.25, 0.3) is 0 Å². The minimum atomic E-state index is -1.09. The quantitative estimate of drug-likeness (QED) is 0.346. The molecule has 0 heterocycles. The average molecular weight is 332 g/mol. The molecule has 0 radical (unpaired) electrons. The normalized spacial score (nSPS) is 11.8. The van der Waals surface area contributed by atoms with Gasteiger partial charge < -0.3 is 4.74 Å². The van der Waals surface area contributed by atoms with Crippen LogP contribution in [0.2, 0.25) is 0 Å². The lowest BCUT2D eigenvalue weighted by atomic mass is 9.90. The Labute approximate surface area is 138 Å². The van der Waals surface area contributed by atoms with Crippen LogP contribution in [0.1, 0.15) is 28.8 Å². The maximum Gasteiger partial charge on any atom is 0.321 e. The highest BCUT2D eigenvalue weighted by molar-refractivity contribution is 7.98. The fraction of sp³-hybridized carbons (Fsp3) is 0.222. The molecule has 0 saturated carbocycles. The van der Waals surface area contributed by atoms with E-state index < -0.39 is 17.7 Å². The summed E-state index contributed by atoms with van der Waals surface area (Å²) in [5.41, 5.74) is 0.842. The Morgan fingerprint density at radius 2 is 1.70 bits per heavy atom. The zero-order valence-electron chi connectivity index (χ0n) is 12.9. The topological polar surface area (TPSA) is 43.4 Å². The van der Waals surface area contributed by atoms with Crippen molar-refractivity contribution in [1.29, 1.82) is 0 Å². The van der Waals surface area contributed by atoms with Crippen molar-refractivity contribution < 1.29 is 18.7 Å². The minimum Gasteiger partial charge on any atom is -0.465 e. The van der Waals surface area contributed by atoms with Gasteiger partial charge in [-0.1, -0.05) is 24.3 Å². The number of ketones is 1. The molecule has 0 N–H and O–H groups in total. The molecule has 0 bridgehead atoms. The van der Waals surface area contributed by atoms with Crippen molar-refractivity contribution in [1.82, 2.24) is 0 Å². The van der Waals surface area contributed by atoms with E-state index in [1.54, 1.807) is 30.8 Å². The van der Waals surface area contributed by atoms with Gasteiger partial charge in [-0.25, -0.2) is 4.39 Å². The molecule has 0 aliphatic carbocycles. The number of hydrogen-bond acceptors (Lipinski definition) is 4. The van der Waals surface area contributed by atoms with E-state index in [2.05, 4.69) is 0 Å². The van der Waals surface area contributed by atoms with Crippen LogP contribution < -0.4 is 0 Å². The molecule has 0 spiro atoms. The Balaban J connectivity index is 2.37. The molecule has 1 atom stereocenters. The number of hydrogen-bond donors (Lipinski definition) is 0. The maximum absolute atomic E-state index is 13.1. The number of benzene rings is 2. The van der Waals surface area contributed by atoms with Crippen molar-refractivity contribution in [3.05, 3.63) is 65.5 Å². The summed E-state index contributed by atoms with van der Waals surface area (Å²) in [7, 11) is 0.